The normalized spacial score (nSPS) is 22.6. The molecule has 0 spiro atoms. The molecule has 0 saturated carbocycles. The minimum Gasteiger partial charge on any atom is -0.382 e. The van der Waals surface area contributed by atoms with E-state index in [9.17, 15) is 4.79 Å². The summed E-state index contributed by atoms with van der Waals surface area (Å²) in [4.78, 5) is 20.4. The number of carbonyl (C=O) groups is 1. The van der Waals surface area contributed by atoms with E-state index in [1.54, 1.807) is 0 Å². The summed E-state index contributed by atoms with van der Waals surface area (Å²) in [6, 6.07) is 20.7. The van der Waals surface area contributed by atoms with Crippen molar-refractivity contribution < 1.29 is 9.63 Å². The van der Waals surface area contributed by atoms with Crippen LogP contribution in [0.4, 0.5) is 0 Å². The Labute approximate surface area is 154 Å². The smallest absolute Gasteiger partial charge is 0.266 e. The van der Waals surface area contributed by atoms with E-state index in [-0.39, 0.29) is 5.91 Å². The lowest BCUT2D eigenvalue weighted by Gasteiger charge is -2.34. The molecular formula is C22H24N2O2. The van der Waals surface area contributed by atoms with Gasteiger partial charge in [0, 0.05) is 31.8 Å². The molecule has 0 N–H and O–H groups in total. The van der Waals surface area contributed by atoms with E-state index in [2.05, 4.69) is 41.6 Å². The summed E-state index contributed by atoms with van der Waals surface area (Å²) in [6.07, 6.45) is 3.06. The van der Waals surface area contributed by atoms with Gasteiger partial charge in [0.05, 0.1) is 5.71 Å². The van der Waals surface area contributed by atoms with Crippen LogP contribution >= 0.6 is 0 Å². The van der Waals surface area contributed by atoms with Crippen LogP contribution in [0.5, 0.6) is 0 Å². The van der Waals surface area contributed by atoms with Gasteiger partial charge >= 0.3 is 0 Å². The average molecular weight is 348 g/mol. The van der Waals surface area contributed by atoms with Gasteiger partial charge in [0.2, 0.25) is 6.10 Å². The first kappa shape index (κ1) is 16.8. The molecule has 0 aliphatic carbocycles. The summed E-state index contributed by atoms with van der Waals surface area (Å²) in [5.74, 6) is 0.498. The van der Waals surface area contributed by atoms with Crippen LogP contribution in [0.1, 0.15) is 36.3 Å². The van der Waals surface area contributed by atoms with Crippen molar-refractivity contribution in [3.05, 3.63) is 71.8 Å². The van der Waals surface area contributed by atoms with Gasteiger partial charge in [-0.05, 0) is 24.0 Å². The van der Waals surface area contributed by atoms with Gasteiger partial charge in [0.25, 0.3) is 5.91 Å². The predicted octanol–water partition coefficient (Wildman–Crippen LogP) is 3.78. The van der Waals surface area contributed by atoms with Crippen molar-refractivity contribution in [1.82, 2.24) is 4.90 Å². The summed E-state index contributed by atoms with van der Waals surface area (Å²) < 4.78 is 0. The van der Waals surface area contributed by atoms with Gasteiger partial charge in [-0.3, -0.25) is 4.79 Å². The Bertz CT molecular complexity index is 773. The van der Waals surface area contributed by atoms with Gasteiger partial charge in [-0.25, -0.2) is 0 Å². The van der Waals surface area contributed by atoms with Crippen LogP contribution in [0.2, 0.25) is 0 Å². The first-order valence-corrected chi connectivity index (χ1v) is 9.39. The van der Waals surface area contributed by atoms with Gasteiger partial charge in [0.1, 0.15) is 0 Å². The molecule has 0 bridgehead atoms. The third kappa shape index (κ3) is 3.79. The largest absolute Gasteiger partial charge is 0.382 e. The molecule has 2 atom stereocenters. The Balaban J connectivity index is 1.35. The molecule has 26 heavy (non-hydrogen) atoms. The molecule has 2 heterocycles. The highest BCUT2D eigenvalue weighted by Crippen LogP contribution is 2.28. The van der Waals surface area contributed by atoms with Crippen molar-refractivity contribution in [1.29, 1.82) is 0 Å². The van der Waals surface area contributed by atoms with Crippen LogP contribution in [0.15, 0.2) is 65.8 Å². The lowest BCUT2D eigenvalue weighted by Crippen LogP contribution is -2.44. The number of hydrogen-bond donors (Lipinski definition) is 0. The van der Waals surface area contributed by atoms with Crippen molar-refractivity contribution in [2.75, 3.05) is 13.1 Å². The van der Waals surface area contributed by atoms with Crippen molar-refractivity contribution in [3.63, 3.8) is 0 Å². The first-order chi connectivity index (χ1) is 12.8. The fourth-order valence-electron chi connectivity index (χ4n) is 3.87. The van der Waals surface area contributed by atoms with Crippen molar-refractivity contribution in [2.24, 2.45) is 5.16 Å². The van der Waals surface area contributed by atoms with E-state index in [1.165, 1.54) is 11.1 Å². The molecule has 134 valence electrons. The molecule has 2 aliphatic heterocycles. The number of benzene rings is 2. The Morgan fingerprint density at radius 3 is 2.58 bits per heavy atom. The summed E-state index contributed by atoms with van der Waals surface area (Å²) >= 11 is 0. The Morgan fingerprint density at radius 1 is 1.08 bits per heavy atom. The fraction of sp³-hybridized carbons (Fsp3) is 0.364. The SMILES string of the molecule is O=C([C@H]1CC(Cc2ccccc2)=NO1)N1CCC[C@@H](c2ccccc2)C1. The third-order valence-corrected chi connectivity index (χ3v) is 5.26. The number of carbonyl (C=O) groups excluding carboxylic acids is 1. The van der Waals surface area contributed by atoms with Gasteiger partial charge in [0.15, 0.2) is 0 Å². The summed E-state index contributed by atoms with van der Waals surface area (Å²) in [5, 5.41) is 4.17. The van der Waals surface area contributed by atoms with Gasteiger partial charge in [-0.1, -0.05) is 65.8 Å². The highest BCUT2D eigenvalue weighted by molar-refractivity contribution is 5.94. The molecular weight excluding hydrogens is 324 g/mol. The second kappa shape index (κ2) is 7.73. The third-order valence-electron chi connectivity index (χ3n) is 5.26. The number of amides is 1. The number of likely N-dealkylation sites (tertiary alicyclic amines) is 1. The van der Waals surface area contributed by atoms with E-state index in [0.717, 1.165) is 38.1 Å². The summed E-state index contributed by atoms with van der Waals surface area (Å²) in [6.45, 7) is 1.59. The van der Waals surface area contributed by atoms with Crippen LogP contribution in [-0.4, -0.2) is 35.7 Å². The highest BCUT2D eigenvalue weighted by atomic mass is 16.6. The van der Waals surface area contributed by atoms with E-state index in [0.29, 0.717) is 12.3 Å². The van der Waals surface area contributed by atoms with E-state index in [4.69, 9.17) is 4.84 Å². The Morgan fingerprint density at radius 2 is 1.81 bits per heavy atom. The summed E-state index contributed by atoms with van der Waals surface area (Å²) in [7, 11) is 0. The number of piperidine rings is 1. The topological polar surface area (TPSA) is 41.9 Å². The van der Waals surface area contributed by atoms with Crippen LogP contribution in [0, 0.1) is 0 Å². The van der Waals surface area contributed by atoms with Crippen molar-refractivity contribution >= 4 is 11.6 Å². The zero-order chi connectivity index (χ0) is 17.8. The predicted molar refractivity (Wildman–Crippen MR) is 102 cm³/mol. The van der Waals surface area contributed by atoms with Gasteiger partial charge in [-0.2, -0.15) is 0 Å². The Kier molecular flexibility index (Phi) is 5.00. The van der Waals surface area contributed by atoms with Crippen LogP contribution < -0.4 is 0 Å². The molecule has 4 nitrogen and oxygen atoms in total. The molecule has 1 amide bonds. The molecule has 1 saturated heterocycles. The maximum absolute atomic E-state index is 12.9. The van der Waals surface area contributed by atoms with E-state index < -0.39 is 6.10 Å². The zero-order valence-corrected chi connectivity index (χ0v) is 14.9. The second-order valence-electron chi connectivity index (χ2n) is 7.15. The molecule has 1 fully saturated rings. The quantitative estimate of drug-likeness (QED) is 0.844. The van der Waals surface area contributed by atoms with Crippen molar-refractivity contribution in [3.8, 4) is 0 Å². The second-order valence-corrected chi connectivity index (χ2v) is 7.15. The highest BCUT2D eigenvalue weighted by Gasteiger charge is 2.34. The van der Waals surface area contributed by atoms with Gasteiger partial charge < -0.3 is 9.74 Å². The molecule has 2 aliphatic rings. The molecule has 0 radical (unpaired) electrons. The van der Waals surface area contributed by atoms with Crippen LogP contribution in [0.25, 0.3) is 0 Å². The van der Waals surface area contributed by atoms with E-state index >= 15 is 0 Å². The average Bonchev–Trinajstić information content (AvgIpc) is 3.17. The first-order valence-electron chi connectivity index (χ1n) is 9.39. The number of rotatable bonds is 4. The van der Waals surface area contributed by atoms with Crippen LogP contribution in [-0.2, 0) is 16.1 Å². The molecule has 2 aromatic carbocycles. The number of oxime groups is 1. The van der Waals surface area contributed by atoms with E-state index in [1.807, 2.05) is 29.2 Å². The standard InChI is InChI=1S/C22H24N2O2/c25-22(21-15-20(23-26-21)14-17-8-3-1-4-9-17)24-13-7-12-19(16-24)18-10-5-2-6-11-18/h1-6,8-11,19,21H,7,12-16H2/t19-,21-/m1/s1. The van der Waals surface area contributed by atoms with Crippen LogP contribution in [0.3, 0.4) is 0 Å². The van der Waals surface area contributed by atoms with Crippen molar-refractivity contribution in [2.45, 2.75) is 37.7 Å². The molecule has 2 aromatic rings. The summed E-state index contributed by atoms with van der Waals surface area (Å²) in [5.41, 5.74) is 3.47. The van der Waals surface area contributed by atoms with Gasteiger partial charge in [-0.15, -0.1) is 0 Å². The lowest BCUT2D eigenvalue weighted by molar-refractivity contribution is -0.143. The Hall–Kier alpha value is -2.62. The number of nitrogens with zero attached hydrogens (tertiary/aromatic N) is 2. The number of hydrogen-bond acceptors (Lipinski definition) is 3. The fourth-order valence-corrected chi connectivity index (χ4v) is 3.87. The monoisotopic (exact) mass is 348 g/mol. The minimum absolute atomic E-state index is 0.0810. The minimum atomic E-state index is -0.455. The lowest BCUT2D eigenvalue weighted by atomic mass is 9.90. The maximum atomic E-state index is 12.9. The molecule has 4 rings (SSSR count). The molecule has 0 aromatic heterocycles. The maximum Gasteiger partial charge on any atom is 0.266 e. The molecule has 0 unspecified atom stereocenters. The zero-order valence-electron chi connectivity index (χ0n) is 14.9. The molecule has 4 heteroatoms.